The fourth-order valence-electron chi connectivity index (χ4n) is 2.39. The number of nitrogens with two attached hydrogens (primary N) is 1. The van der Waals surface area contributed by atoms with Crippen molar-refractivity contribution in [2.24, 2.45) is 5.73 Å². The van der Waals surface area contributed by atoms with Crippen molar-refractivity contribution in [1.29, 1.82) is 0 Å². The van der Waals surface area contributed by atoms with Crippen LogP contribution in [-0.4, -0.2) is 26.7 Å². The molecular weight excluding hydrogens is 242 g/mol. The fourth-order valence-corrected chi connectivity index (χ4v) is 2.39. The molecule has 98 valence electrons. The molecule has 5 nitrogen and oxygen atoms in total. The van der Waals surface area contributed by atoms with Gasteiger partial charge in [0.25, 0.3) is 0 Å². The van der Waals surface area contributed by atoms with Crippen molar-refractivity contribution in [3.05, 3.63) is 41.9 Å². The van der Waals surface area contributed by atoms with Crippen LogP contribution in [0, 0.1) is 0 Å². The number of carbonyl (C=O) groups is 1. The minimum absolute atomic E-state index is 0.198. The topological polar surface area (TPSA) is 81.1 Å². The van der Waals surface area contributed by atoms with Crippen LogP contribution >= 0.6 is 0 Å². The highest BCUT2D eigenvalue weighted by Gasteiger charge is 2.18. The molecule has 2 heterocycles. The molecule has 1 aromatic carbocycles. The summed E-state index contributed by atoms with van der Waals surface area (Å²) in [6, 6.07) is 6.97. The maximum absolute atomic E-state index is 10.8. The number of aromatic nitrogens is 2. The average molecular weight is 257 g/mol. The van der Waals surface area contributed by atoms with Gasteiger partial charge in [0.2, 0.25) is 0 Å². The molecule has 0 radical (unpaired) electrons. The molecule has 2 aromatic rings. The molecule has 0 bridgehead atoms. The molecule has 0 saturated heterocycles. The third-order valence-corrected chi connectivity index (χ3v) is 3.46. The van der Waals surface area contributed by atoms with Crippen LogP contribution in [-0.2, 0) is 13.0 Å². The van der Waals surface area contributed by atoms with Gasteiger partial charge in [0.1, 0.15) is 5.82 Å². The summed E-state index contributed by atoms with van der Waals surface area (Å²) in [7, 11) is 0. The number of carboxylic acids is 1. The first-order chi connectivity index (χ1) is 9.13. The fraction of sp³-hybridized carbons (Fsp3) is 0.286. The second-order valence-electron chi connectivity index (χ2n) is 4.88. The Bertz CT molecular complexity index is 616. The minimum Gasteiger partial charge on any atom is -0.478 e. The highest BCUT2D eigenvalue weighted by atomic mass is 16.4. The molecular formula is C14H15N3O2. The van der Waals surface area contributed by atoms with Crippen molar-refractivity contribution in [3.63, 3.8) is 0 Å². The lowest BCUT2D eigenvalue weighted by Crippen LogP contribution is -2.31. The van der Waals surface area contributed by atoms with Crippen LogP contribution in [0.5, 0.6) is 0 Å². The van der Waals surface area contributed by atoms with Gasteiger partial charge in [0, 0.05) is 30.8 Å². The molecule has 3 N–H and O–H groups in total. The summed E-state index contributed by atoms with van der Waals surface area (Å²) in [6.07, 6.45) is 3.85. The van der Waals surface area contributed by atoms with Gasteiger partial charge in [-0.1, -0.05) is 12.1 Å². The Hall–Kier alpha value is -2.14. The Morgan fingerprint density at radius 2 is 2.11 bits per heavy atom. The molecule has 0 amide bonds. The zero-order valence-corrected chi connectivity index (χ0v) is 10.4. The first kappa shape index (κ1) is 11.9. The number of rotatable bonds is 2. The summed E-state index contributed by atoms with van der Waals surface area (Å²) in [4.78, 5) is 15.4. The first-order valence-electron chi connectivity index (χ1n) is 6.29. The van der Waals surface area contributed by atoms with Gasteiger partial charge in [0.15, 0.2) is 0 Å². The van der Waals surface area contributed by atoms with E-state index in [1.54, 1.807) is 24.3 Å². The summed E-state index contributed by atoms with van der Waals surface area (Å²) in [6.45, 7) is 0.801. The van der Waals surface area contributed by atoms with Crippen LogP contribution in [0.4, 0.5) is 0 Å². The van der Waals surface area contributed by atoms with Crippen molar-refractivity contribution < 1.29 is 9.90 Å². The van der Waals surface area contributed by atoms with E-state index in [0.717, 1.165) is 36.5 Å². The number of benzene rings is 1. The summed E-state index contributed by atoms with van der Waals surface area (Å²) < 4.78 is 2.09. The quantitative estimate of drug-likeness (QED) is 0.854. The van der Waals surface area contributed by atoms with Crippen LogP contribution in [0.2, 0.25) is 0 Å². The Morgan fingerprint density at radius 3 is 2.79 bits per heavy atom. The van der Waals surface area contributed by atoms with Crippen molar-refractivity contribution in [1.82, 2.24) is 9.55 Å². The van der Waals surface area contributed by atoms with Gasteiger partial charge >= 0.3 is 5.97 Å². The molecule has 1 aliphatic rings. The lowest BCUT2D eigenvalue weighted by atomic mass is 10.1. The van der Waals surface area contributed by atoms with E-state index in [2.05, 4.69) is 9.55 Å². The zero-order chi connectivity index (χ0) is 13.4. The number of imidazole rings is 1. The minimum atomic E-state index is -0.915. The molecule has 0 aliphatic carbocycles. The molecule has 1 aromatic heterocycles. The summed E-state index contributed by atoms with van der Waals surface area (Å²) in [5, 5.41) is 8.87. The predicted octanol–water partition coefficient (Wildman–Crippen LogP) is 1.52. The number of carboxylic acid groups (broad SMARTS) is 1. The van der Waals surface area contributed by atoms with E-state index in [9.17, 15) is 4.79 Å². The number of fused-ring (bicyclic) bond motifs is 1. The van der Waals surface area contributed by atoms with E-state index in [4.69, 9.17) is 10.8 Å². The van der Waals surface area contributed by atoms with E-state index < -0.39 is 5.97 Å². The molecule has 5 heteroatoms. The molecule has 19 heavy (non-hydrogen) atoms. The van der Waals surface area contributed by atoms with E-state index in [1.165, 1.54) is 0 Å². The normalized spacial score (nSPS) is 18.1. The van der Waals surface area contributed by atoms with E-state index in [0.29, 0.717) is 0 Å². The molecule has 0 fully saturated rings. The highest BCUT2D eigenvalue weighted by Crippen LogP contribution is 2.22. The second-order valence-corrected chi connectivity index (χ2v) is 4.88. The Kier molecular flexibility index (Phi) is 2.83. The van der Waals surface area contributed by atoms with Gasteiger partial charge in [-0.3, -0.25) is 0 Å². The van der Waals surface area contributed by atoms with Crippen LogP contribution in [0.15, 0.2) is 30.5 Å². The van der Waals surface area contributed by atoms with Crippen molar-refractivity contribution in [2.75, 3.05) is 0 Å². The van der Waals surface area contributed by atoms with E-state index in [1.807, 2.05) is 6.20 Å². The van der Waals surface area contributed by atoms with Gasteiger partial charge in [-0.15, -0.1) is 0 Å². The average Bonchev–Trinajstić information content (AvgIpc) is 2.81. The Labute approximate surface area is 110 Å². The molecule has 1 atom stereocenters. The highest BCUT2D eigenvalue weighted by molar-refractivity contribution is 5.88. The largest absolute Gasteiger partial charge is 0.478 e. The first-order valence-corrected chi connectivity index (χ1v) is 6.29. The summed E-state index contributed by atoms with van der Waals surface area (Å²) >= 11 is 0. The smallest absolute Gasteiger partial charge is 0.335 e. The van der Waals surface area contributed by atoms with E-state index >= 15 is 0 Å². The molecule has 1 aliphatic heterocycles. The van der Waals surface area contributed by atoms with Crippen molar-refractivity contribution >= 4 is 5.97 Å². The molecule has 3 rings (SSSR count). The van der Waals surface area contributed by atoms with Gasteiger partial charge < -0.3 is 15.4 Å². The number of aromatic carboxylic acids is 1. The molecule has 0 saturated carbocycles. The van der Waals surface area contributed by atoms with Gasteiger partial charge in [0.05, 0.1) is 11.3 Å². The van der Waals surface area contributed by atoms with Gasteiger partial charge in [-0.25, -0.2) is 9.78 Å². The van der Waals surface area contributed by atoms with Crippen LogP contribution in [0.1, 0.15) is 22.6 Å². The van der Waals surface area contributed by atoms with Gasteiger partial charge in [-0.05, 0) is 18.6 Å². The third-order valence-electron chi connectivity index (χ3n) is 3.46. The number of aryl methyl sites for hydroxylation is 1. The lowest BCUT2D eigenvalue weighted by Gasteiger charge is -2.19. The monoisotopic (exact) mass is 257 g/mol. The predicted molar refractivity (Wildman–Crippen MR) is 70.9 cm³/mol. The Morgan fingerprint density at radius 1 is 1.37 bits per heavy atom. The molecule has 1 unspecified atom stereocenters. The van der Waals surface area contributed by atoms with Gasteiger partial charge in [-0.2, -0.15) is 0 Å². The standard InChI is InChI=1S/C14H15N3O2/c15-11-5-6-13-16-12(8-17(13)7-11)9-1-3-10(4-2-9)14(18)19/h1-4,8,11H,5-7,15H2,(H,18,19). The van der Waals surface area contributed by atoms with E-state index in [-0.39, 0.29) is 11.6 Å². The molecule has 0 spiro atoms. The second kappa shape index (κ2) is 4.51. The third kappa shape index (κ3) is 2.24. The maximum atomic E-state index is 10.8. The summed E-state index contributed by atoms with van der Waals surface area (Å²) in [5.74, 6) is 0.140. The number of hydrogen-bond acceptors (Lipinski definition) is 3. The zero-order valence-electron chi connectivity index (χ0n) is 10.4. The van der Waals surface area contributed by atoms with Crippen molar-refractivity contribution in [2.45, 2.75) is 25.4 Å². The number of hydrogen-bond donors (Lipinski definition) is 2. The SMILES string of the molecule is NC1CCc2nc(-c3ccc(C(=O)O)cc3)cn2C1. The van der Waals surface area contributed by atoms with Crippen molar-refractivity contribution in [3.8, 4) is 11.3 Å². The van der Waals surface area contributed by atoms with Crippen LogP contribution in [0.3, 0.4) is 0 Å². The van der Waals surface area contributed by atoms with Crippen LogP contribution in [0.25, 0.3) is 11.3 Å². The van der Waals surface area contributed by atoms with Crippen LogP contribution < -0.4 is 5.73 Å². The summed E-state index contributed by atoms with van der Waals surface area (Å²) in [5.41, 5.74) is 8.03. The Balaban J connectivity index is 1.92. The number of nitrogens with zero attached hydrogens (tertiary/aromatic N) is 2. The maximum Gasteiger partial charge on any atom is 0.335 e. The lowest BCUT2D eigenvalue weighted by molar-refractivity contribution is 0.0697.